The number of rotatable bonds is 5. The smallest absolute Gasteiger partial charge is 0.162 e. The minimum atomic E-state index is -1.16. The topological polar surface area (TPSA) is 72.9 Å². The maximum absolute atomic E-state index is 14.5. The van der Waals surface area contributed by atoms with E-state index in [0.717, 1.165) is 41.9 Å². The Labute approximate surface area is 183 Å². The van der Waals surface area contributed by atoms with Gasteiger partial charge in [-0.05, 0) is 65.0 Å². The standard InChI is InChI=1S/C24H33FN4O2/c1-13(2)30-23-9-18-21(10-19(23)25)28-29-24(18)22-11-20(26-12-27-22)16(5)17-7-6-14(3)31-15(4)8-17/h9,11-17,19H,6-8,10H2,1-5H3,(H,28,29). The van der Waals surface area contributed by atoms with Crippen LogP contribution < -0.4 is 0 Å². The number of aromatic amines is 1. The van der Waals surface area contributed by atoms with Gasteiger partial charge in [0.05, 0.1) is 24.0 Å². The van der Waals surface area contributed by atoms with E-state index >= 15 is 0 Å². The molecule has 1 fully saturated rings. The Hall–Kier alpha value is -2.28. The van der Waals surface area contributed by atoms with Gasteiger partial charge < -0.3 is 9.47 Å². The summed E-state index contributed by atoms with van der Waals surface area (Å²) in [6.45, 7) is 10.3. The minimum Gasteiger partial charge on any atom is -0.492 e. The van der Waals surface area contributed by atoms with Crippen molar-refractivity contribution < 1.29 is 13.9 Å². The van der Waals surface area contributed by atoms with E-state index in [-0.39, 0.29) is 18.6 Å². The van der Waals surface area contributed by atoms with Crippen molar-refractivity contribution in [3.63, 3.8) is 0 Å². The first-order valence-corrected chi connectivity index (χ1v) is 11.4. The second-order valence-corrected chi connectivity index (χ2v) is 9.30. The van der Waals surface area contributed by atoms with Crippen molar-refractivity contribution in [2.75, 3.05) is 0 Å². The zero-order valence-corrected chi connectivity index (χ0v) is 19.1. The summed E-state index contributed by atoms with van der Waals surface area (Å²) >= 11 is 0. The lowest BCUT2D eigenvalue weighted by Gasteiger charge is -2.23. The van der Waals surface area contributed by atoms with Gasteiger partial charge >= 0.3 is 0 Å². The lowest BCUT2D eigenvalue weighted by atomic mass is 9.83. The number of hydrogen-bond donors (Lipinski definition) is 1. The number of halogens is 1. The molecule has 6 nitrogen and oxygen atoms in total. The van der Waals surface area contributed by atoms with E-state index in [1.165, 1.54) is 0 Å². The number of aromatic nitrogens is 4. The fourth-order valence-electron chi connectivity index (χ4n) is 4.75. The second kappa shape index (κ2) is 9.07. The van der Waals surface area contributed by atoms with Crippen LogP contribution in [0, 0.1) is 5.92 Å². The Bertz CT molecular complexity index is 941. The molecule has 0 saturated carbocycles. The summed E-state index contributed by atoms with van der Waals surface area (Å²) in [5.41, 5.74) is 4.10. The lowest BCUT2D eigenvalue weighted by molar-refractivity contribution is 0.0103. The predicted octanol–water partition coefficient (Wildman–Crippen LogP) is 5.22. The highest BCUT2D eigenvalue weighted by Gasteiger charge is 2.30. The number of nitrogens with one attached hydrogen (secondary N) is 1. The molecule has 1 aliphatic carbocycles. The molecule has 0 spiro atoms. The van der Waals surface area contributed by atoms with Crippen LogP contribution >= 0.6 is 0 Å². The summed E-state index contributed by atoms with van der Waals surface area (Å²) < 4.78 is 26.2. The average molecular weight is 429 g/mol. The van der Waals surface area contributed by atoms with Crippen molar-refractivity contribution in [3.8, 4) is 11.4 Å². The summed E-state index contributed by atoms with van der Waals surface area (Å²) in [4.78, 5) is 9.07. The first-order valence-electron chi connectivity index (χ1n) is 11.4. The van der Waals surface area contributed by atoms with Gasteiger partial charge in [-0.15, -0.1) is 0 Å². The molecule has 7 heteroatoms. The van der Waals surface area contributed by atoms with Gasteiger partial charge in [0.1, 0.15) is 17.8 Å². The monoisotopic (exact) mass is 428 g/mol. The third kappa shape index (κ3) is 4.81. The molecule has 0 radical (unpaired) electrons. The number of ether oxygens (including phenoxy) is 2. The van der Waals surface area contributed by atoms with E-state index in [1.807, 2.05) is 19.9 Å². The van der Waals surface area contributed by atoms with Crippen LogP contribution in [-0.2, 0) is 15.9 Å². The predicted molar refractivity (Wildman–Crippen MR) is 118 cm³/mol. The molecule has 2 aliphatic rings. The third-order valence-electron chi connectivity index (χ3n) is 6.38. The first kappa shape index (κ1) is 21.9. The van der Waals surface area contributed by atoms with Crippen molar-refractivity contribution >= 4 is 6.08 Å². The van der Waals surface area contributed by atoms with Crippen molar-refractivity contribution in [3.05, 3.63) is 35.1 Å². The molecule has 3 heterocycles. The molecule has 0 aromatic carbocycles. The number of nitrogens with zero attached hydrogens (tertiary/aromatic N) is 3. The molecule has 4 rings (SSSR count). The Morgan fingerprint density at radius 1 is 1.16 bits per heavy atom. The zero-order valence-electron chi connectivity index (χ0n) is 19.1. The van der Waals surface area contributed by atoms with Crippen LogP contribution in [0.3, 0.4) is 0 Å². The number of alkyl halides is 1. The highest BCUT2D eigenvalue weighted by molar-refractivity contribution is 5.73. The maximum atomic E-state index is 14.5. The summed E-state index contributed by atoms with van der Waals surface area (Å²) in [6, 6.07) is 2.03. The number of fused-ring (bicyclic) bond motifs is 1. The van der Waals surface area contributed by atoms with Gasteiger partial charge in [-0.25, -0.2) is 14.4 Å². The highest BCUT2D eigenvalue weighted by Crippen LogP contribution is 2.36. The van der Waals surface area contributed by atoms with Gasteiger partial charge in [0.15, 0.2) is 6.17 Å². The van der Waals surface area contributed by atoms with Crippen LogP contribution in [0.4, 0.5) is 4.39 Å². The Morgan fingerprint density at radius 3 is 2.74 bits per heavy atom. The van der Waals surface area contributed by atoms with E-state index in [2.05, 4.69) is 40.9 Å². The quantitative estimate of drug-likeness (QED) is 0.706. The molecule has 2 aromatic rings. The minimum absolute atomic E-state index is 0.0819. The number of hydrogen-bond acceptors (Lipinski definition) is 5. The molecule has 0 bridgehead atoms. The first-order chi connectivity index (χ1) is 14.8. The van der Waals surface area contributed by atoms with E-state index < -0.39 is 6.17 Å². The van der Waals surface area contributed by atoms with Crippen molar-refractivity contribution in [2.45, 2.75) is 90.7 Å². The van der Waals surface area contributed by atoms with Crippen LogP contribution in [0.15, 0.2) is 18.2 Å². The molecule has 2 aromatic heterocycles. The molecule has 0 amide bonds. The third-order valence-corrected chi connectivity index (χ3v) is 6.38. The van der Waals surface area contributed by atoms with Gasteiger partial charge in [-0.3, -0.25) is 5.10 Å². The van der Waals surface area contributed by atoms with Crippen LogP contribution in [0.5, 0.6) is 0 Å². The fraction of sp³-hybridized carbons (Fsp3) is 0.625. The number of allylic oxidation sites excluding steroid dienone is 1. The van der Waals surface area contributed by atoms with Crippen LogP contribution in [0.25, 0.3) is 17.5 Å². The van der Waals surface area contributed by atoms with Crippen LogP contribution in [-0.4, -0.2) is 44.6 Å². The second-order valence-electron chi connectivity index (χ2n) is 9.30. The largest absolute Gasteiger partial charge is 0.492 e. The Morgan fingerprint density at radius 2 is 1.97 bits per heavy atom. The zero-order chi connectivity index (χ0) is 22.1. The Kier molecular flexibility index (Phi) is 6.42. The van der Waals surface area contributed by atoms with E-state index in [9.17, 15) is 4.39 Å². The summed E-state index contributed by atoms with van der Waals surface area (Å²) in [5, 5.41) is 7.46. The van der Waals surface area contributed by atoms with Crippen molar-refractivity contribution in [2.24, 2.45) is 5.92 Å². The summed E-state index contributed by atoms with van der Waals surface area (Å²) in [6.07, 6.45) is 6.13. The highest BCUT2D eigenvalue weighted by atomic mass is 19.1. The SMILES string of the molecule is CC(C)OC1=Cc2c(-c3cc(C(C)C4CCC(C)OC(C)C4)ncn3)n[nH]c2CC1F. The van der Waals surface area contributed by atoms with Crippen LogP contribution in [0.2, 0.25) is 0 Å². The van der Waals surface area contributed by atoms with Crippen LogP contribution in [0.1, 0.15) is 76.8 Å². The molecule has 1 aliphatic heterocycles. The van der Waals surface area contributed by atoms with Gasteiger partial charge in [-0.2, -0.15) is 5.10 Å². The molecule has 5 atom stereocenters. The number of H-pyrrole nitrogens is 1. The maximum Gasteiger partial charge on any atom is 0.162 e. The van der Waals surface area contributed by atoms with Gasteiger partial charge in [0.2, 0.25) is 0 Å². The molecular formula is C24H33FN4O2. The molecule has 1 saturated heterocycles. The fourth-order valence-corrected chi connectivity index (χ4v) is 4.75. The van der Waals surface area contributed by atoms with E-state index in [1.54, 1.807) is 12.4 Å². The van der Waals surface area contributed by atoms with E-state index in [0.29, 0.717) is 29.4 Å². The van der Waals surface area contributed by atoms with Gasteiger partial charge in [0.25, 0.3) is 0 Å². The normalized spacial score (nSPS) is 27.4. The van der Waals surface area contributed by atoms with E-state index in [4.69, 9.17) is 9.47 Å². The van der Waals surface area contributed by atoms with Crippen molar-refractivity contribution in [1.29, 1.82) is 0 Å². The van der Waals surface area contributed by atoms with Gasteiger partial charge in [-0.1, -0.05) is 6.92 Å². The lowest BCUT2D eigenvalue weighted by Crippen LogP contribution is -2.18. The van der Waals surface area contributed by atoms with Crippen molar-refractivity contribution in [1.82, 2.24) is 20.2 Å². The van der Waals surface area contributed by atoms with Gasteiger partial charge in [0, 0.05) is 29.3 Å². The Balaban J connectivity index is 1.61. The average Bonchev–Trinajstić information content (AvgIpc) is 3.04. The summed E-state index contributed by atoms with van der Waals surface area (Å²) in [7, 11) is 0. The molecule has 168 valence electrons. The molecule has 31 heavy (non-hydrogen) atoms. The summed E-state index contributed by atoms with van der Waals surface area (Å²) in [5.74, 6) is 1.15. The molecular weight excluding hydrogens is 395 g/mol. The molecule has 1 N–H and O–H groups in total. The molecule has 5 unspecified atom stereocenters.